The van der Waals surface area contributed by atoms with Crippen LogP contribution >= 0.6 is 0 Å². The number of sulfonamides is 1. The van der Waals surface area contributed by atoms with Gasteiger partial charge in [-0.15, -0.1) is 0 Å². The van der Waals surface area contributed by atoms with Gasteiger partial charge in [-0.25, -0.2) is 8.42 Å². The maximum atomic E-state index is 12.9. The number of aryl methyl sites for hydroxylation is 1. The van der Waals surface area contributed by atoms with Crippen LogP contribution in [-0.4, -0.2) is 56.3 Å². The molecule has 1 aliphatic heterocycles. The van der Waals surface area contributed by atoms with Crippen LogP contribution in [0, 0.1) is 6.92 Å². The molecule has 3 rings (SSSR count). The molecule has 1 aliphatic rings. The summed E-state index contributed by atoms with van der Waals surface area (Å²) in [7, 11) is -1.99. The zero-order valence-electron chi connectivity index (χ0n) is 16.2. The lowest BCUT2D eigenvalue weighted by Crippen LogP contribution is -2.47. The molecule has 1 amide bonds. The minimum atomic E-state index is -3.68. The summed E-state index contributed by atoms with van der Waals surface area (Å²) in [5.41, 5.74) is 1.03. The first kappa shape index (κ1) is 20.4. The molecule has 2 aromatic carbocycles. The van der Waals surface area contributed by atoms with Gasteiger partial charge in [0.1, 0.15) is 18.4 Å². The van der Waals surface area contributed by atoms with Gasteiger partial charge < -0.3 is 9.64 Å². The first-order valence-corrected chi connectivity index (χ1v) is 10.9. The van der Waals surface area contributed by atoms with Gasteiger partial charge in [-0.2, -0.15) is 4.31 Å². The lowest BCUT2D eigenvalue weighted by molar-refractivity contribution is -0.133. The maximum absolute atomic E-state index is 12.9. The highest BCUT2D eigenvalue weighted by Crippen LogP contribution is 2.27. The number of nitrogens with zero attached hydrogens (tertiary/aromatic N) is 2. The maximum Gasteiger partial charge on any atom is 0.243 e. The van der Waals surface area contributed by atoms with Gasteiger partial charge in [0.2, 0.25) is 15.9 Å². The fourth-order valence-electron chi connectivity index (χ4n) is 3.38. The number of ether oxygens (including phenoxy) is 1. The van der Waals surface area contributed by atoms with E-state index in [2.05, 4.69) is 0 Å². The predicted octanol–water partition coefficient (Wildman–Crippen LogP) is 2.69. The van der Waals surface area contributed by atoms with Crippen molar-refractivity contribution >= 4 is 15.9 Å². The quantitative estimate of drug-likeness (QED) is 0.714. The standard InChI is InChI=1S/C21H26N2O4S/c1-17-9-6-7-13-20(17)27-16-15-22(2)21(24)19-12-8-14-23(19)28(25,26)18-10-4-3-5-11-18/h3-7,9-11,13,19H,8,12,14-16H2,1-2H3. The fourth-order valence-corrected chi connectivity index (χ4v) is 5.05. The molecule has 0 saturated carbocycles. The molecule has 0 aromatic heterocycles. The second kappa shape index (κ2) is 8.75. The van der Waals surface area contributed by atoms with Crippen LogP contribution in [0.4, 0.5) is 0 Å². The predicted molar refractivity (Wildman–Crippen MR) is 108 cm³/mol. The largest absolute Gasteiger partial charge is 0.491 e. The molecule has 1 saturated heterocycles. The van der Waals surface area contributed by atoms with Gasteiger partial charge in [-0.05, 0) is 43.5 Å². The number of carbonyl (C=O) groups is 1. The van der Waals surface area contributed by atoms with Crippen molar-refractivity contribution in [3.05, 3.63) is 60.2 Å². The van der Waals surface area contributed by atoms with Gasteiger partial charge in [0.15, 0.2) is 0 Å². The lowest BCUT2D eigenvalue weighted by Gasteiger charge is -2.27. The van der Waals surface area contributed by atoms with Crippen LogP contribution < -0.4 is 4.74 Å². The van der Waals surface area contributed by atoms with Crippen molar-refractivity contribution in [3.8, 4) is 5.75 Å². The lowest BCUT2D eigenvalue weighted by atomic mass is 10.2. The Kier molecular flexibility index (Phi) is 6.36. The molecule has 0 N–H and O–H groups in total. The van der Waals surface area contributed by atoms with E-state index < -0.39 is 16.1 Å². The second-order valence-corrected chi connectivity index (χ2v) is 8.85. The van der Waals surface area contributed by atoms with E-state index in [-0.39, 0.29) is 10.8 Å². The molecule has 1 atom stereocenters. The first-order valence-electron chi connectivity index (χ1n) is 9.41. The molecule has 1 unspecified atom stereocenters. The zero-order valence-corrected chi connectivity index (χ0v) is 17.1. The third-order valence-electron chi connectivity index (χ3n) is 4.99. The Morgan fingerprint density at radius 1 is 1.14 bits per heavy atom. The molecular weight excluding hydrogens is 376 g/mol. The van der Waals surface area contributed by atoms with Gasteiger partial charge in [0, 0.05) is 13.6 Å². The van der Waals surface area contributed by atoms with E-state index in [1.54, 1.807) is 42.3 Å². The van der Waals surface area contributed by atoms with Crippen molar-refractivity contribution < 1.29 is 17.9 Å². The van der Waals surface area contributed by atoms with Crippen LogP contribution in [0.1, 0.15) is 18.4 Å². The van der Waals surface area contributed by atoms with Crippen LogP contribution in [0.5, 0.6) is 5.75 Å². The number of para-hydroxylation sites is 1. The number of benzene rings is 2. The summed E-state index contributed by atoms with van der Waals surface area (Å²) in [4.78, 5) is 14.7. The summed E-state index contributed by atoms with van der Waals surface area (Å²) in [6.45, 7) is 3.07. The molecule has 2 aromatic rings. The Labute approximate surface area is 166 Å². The minimum absolute atomic E-state index is 0.189. The Bertz CT molecular complexity index is 915. The summed E-state index contributed by atoms with van der Waals surface area (Å²) < 4.78 is 33.0. The SMILES string of the molecule is Cc1ccccc1OCCN(C)C(=O)C1CCCN1S(=O)(=O)c1ccccc1. The topological polar surface area (TPSA) is 66.9 Å². The highest BCUT2D eigenvalue weighted by Gasteiger charge is 2.40. The van der Waals surface area contributed by atoms with Crippen LogP contribution in [0.3, 0.4) is 0 Å². The highest BCUT2D eigenvalue weighted by atomic mass is 32.2. The van der Waals surface area contributed by atoms with Crippen LogP contribution in [-0.2, 0) is 14.8 Å². The number of amides is 1. The van der Waals surface area contributed by atoms with Crippen LogP contribution in [0.15, 0.2) is 59.5 Å². The van der Waals surface area contributed by atoms with E-state index in [1.807, 2.05) is 31.2 Å². The number of carbonyl (C=O) groups excluding carboxylic acids is 1. The summed E-state index contributed by atoms with van der Waals surface area (Å²) in [6.07, 6.45) is 1.21. The number of hydrogen-bond acceptors (Lipinski definition) is 4. The van der Waals surface area contributed by atoms with E-state index >= 15 is 0 Å². The van der Waals surface area contributed by atoms with Crippen molar-refractivity contribution in [2.24, 2.45) is 0 Å². The molecule has 0 bridgehead atoms. The summed E-state index contributed by atoms with van der Waals surface area (Å²) in [5.74, 6) is 0.600. The highest BCUT2D eigenvalue weighted by molar-refractivity contribution is 7.89. The monoisotopic (exact) mass is 402 g/mol. The average Bonchev–Trinajstić information content (AvgIpc) is 3.20. The Hall–Kier alpha value is -2.38. The van der Waals surface area contributed by atoms with Crippen LogP contribution in [0.25, 0.3) is 0 Å². The number of hydrogen-bond donors (Lipinski definition) is 0. The van der Waals surface area contributed by atoms with E-state index in [0.717, 1.165) is 11.3 Å². The van der Waals surface area contributed by atoms with Crippen molar-refractivity contribution in [2.75, 3.05) is 26.7 Å². The summed E-state index contributed by atoms with van der Waals surface area (Å²) >= 11 is 0. The third-order valence-corrected chi connectivity index (χ3v) is 6.92. The minimum Gasteiger partial charge on any atom is -0.491 e. The smallest absolute Gasteiger partial charge is 0.243 e. The molecule has 150 valence electrons. The molecule has 1 heterocycles. The van der Waals surface area contributed by atoms with Gasteiger partial charge in [0.05, 0.1) is 11.4 Å². The van der Waals surface area contributed by atoms with Crippen LogP contribution in [0.2, 0.25) is 0 Å². The first-order chi connectivity index (χ1) is 13.4. The van der Waals surface area contributed by atoms with Crippen molar-refractivity contribution in [1.82, 2.24) is 9.21 Å². The summed E-state index contributed by atoms with van der Waals surface area (Å²) in [6, 6.07) is 15.3. The second-order valence-electron chi connectivity index (χ2n) is 6.96. The Morgan fingerprint density at radius 3 is 2.54 bits per heavy atom. The normalized spacial score (nSPS) is 17.4. The summed E-state index contributed by atoms with van der Waals surface area (Å²) in [5, 5.41) is 0. The van der Waals surface area contributed by atoms with Crippen molar-refractivity contribution in [3.63, 3.8) is 0 Å². The number of likely N-dealkylation sites (N-methyl/N-ethyl adjacent to an activating group) is 1. The molecule has 7 heteroatoms. The van der Waals surface area contributed by atoms with Gasteiger partial charge in [-0.3, -0.25) is 4.79 Å². The van der Waals surface area contributed by atoms with Gasteiger partial charge in [-0.1, -0.05) is 36.4 Å². The number of rotatable bonds is 7. The molecule has 6 nitrogen and oxygen atoms in total. The molecule has 0 aliphatic carbocycles. The van der Waals surface area contributed by atoms with E-state index in [1.165, 1.54) is 4.31 Å². The van der Waals surface area contributed by atoms with E-state index in [9.17, 15) is 13.2 Å². The molecule has 1 fully saturated rings. The Morgan fingerprint density at radius 2 is 1.82 bits per heavy atom. The van der Waals surface area contributed by atoms with Crippen molar-refractivity contribution in [2.45, 2.75) is 30.7 Å². The fraction of sp³-hybridized carbons (Fsp3) is 0.381. The molecule has 0 radical (unpaired) electrons. The molecule has 0 spiro atoms. The molecule has 28 heavy (non-hydrogen) atoms. The zero-order chi connectivity index (χ0) is 20.1. The van der Waals surface area contributed by atoms with Gasteiger partial charge >= 0.3 is 0 Å². The van der Waals surface area contributed by atoms with Gasteiger partial charge in [0.25, 0.3) is 0 Å². The van der Waals surface area contributed by atoms with E-state index in [0.29, 0.717) is 32.5 Å². The molecular formula is C21H26N2O4S. The third kappa shape index (κ3) is 4.36. The van der Waals surface area contributed by atoms with Crippen molar-refractivity contribution in [1.29, 1.82) is 0 Å². The Balaban J connectivity index is 1.63. The van der Waals surface area contributed by atoms with E-state index in [4.69, 9.17) is 4.74 Å². The average molecular weight is 403 g/mol.